The highest BCUT2D eigenvalue weighted by Crippen LogP contribution is 2.42. The molecular formula is C29H42. The molecule has 1 aromatic rings. The maximum absolute atomic E-state index is 3.30. The Hall–Kier alpha value is -1.48. The predicted octanol–water partition coefficient (Wildman–Crippen LogP) is 8.35. The Morgan fingerprint density at radius 3 is 2.10 bits per heavy atom. The summed E-state index contributed by atoms with van der Waals surface area (Å²) in [5, 5.41) is 0. The van der Waals surface area contributed by atoms with Gasteiger partial charge in [0, 0.05) is 5.56 Å². The first-order chi connectivity index (χ1) is 14.3. The second-order valence-corrected chi connectivity index (χ2v) is 9.67. The van der Waals surface area contributed by atoms with Gasteiger partial charge in [-0.1, -0.05) is 82.4 Å². The van der Waals surface area contributed by atoms with Crippen molar-refractivity contribution in [2.24, 2.45) is 23.7 Å². The summed E-state index contributed by atoms with van der Waals surface area (Å²) in [6.45, 7) is 4.56. The minimum absolute atomic E-state index is 0.758. The van der Waals surface area contributed by atoms with E-state index in [0.29, 0.717) is 0 Å². The summed E-state index contributed by atoms with van der Waals surface area (Å²) in [4.78, 5) is 0. The number of allylic oxidation sites excluding steroid dienone is 2. The van der Waals surface area contributed by atoms with E-state index in [0.717, 1.165) is 35.7 Å². The Kier molecular flexibility index (Phi) is 9.40. The summed E-state index contributed by atoms with van der Waals surface area (Å²) in [6.07, 6.45) is 22.9. The fourth-order valence-corrected chi connectivity index (χ4v) is 5.60. The van der Waals surface area contributed by atoms with Gasteiger partial charge in [-0.05, 0) is 92.4 Å². The Bertz CT molecular complexity index is 652. The smallest absolute Gasteiger partial charge is 0.0249 e. The second-order valence-electron chi connectivity index (χ2n) is 9.67. The van der Waals surface area contributed by atoms with Crippen molar-refractivity contribution in [1.82, 2.24) is 0 Å². The van der Waals surface area contributed by atoms with Crippen molar-refractivity contribution in [2.75, 3.05) is 0 Å². The maximum atomic E-state index is 3.30. The van der Waals surface area contributed by atoms with Crippen LogP contribution in [0.25, 0.3) is 0 Å². The molecule has 0 radical (unpaired) electrons. The van der Waals surface area contributed by atoms with Crippen LogP contribution in [0.5, 0.6) is 0 Å². The highest BCUT2D eigenvalue weighted by atomic mass is 14.4. The van der Waals surface area contributed by atoms with Crippen LogP contribution in [0.15, 0.2) is 36.4 Å². The van der Waals surface area contributed by atoms with E-state index in [4.69, 9.17) is 0 Å². The van der Waals surface area contributed by atoms with Crippen molar-refractivity contribution in [1.29, 1.82) is 0 Å². The average molecular weight is 391 g/mol. The zero-order chi connectivity index (χ0) is 20.3. The topological polar surface area (TPSA) is 0 Å². The lowest BCUT2D eigenvalue weighted by molar-refractivity contribution is 0.152. The lowest BCUT2D eigenvalue weighted by Gasteiger charge is -2.37. The summed E-state index contributed by atoms with van der Waals surface area (Å²) in [5.74, 6) is 10.4. The summed E-state index contributed by atoms with van der Waals surface area (Å²) < 4.78 is 0. The summed E-state index contributed by atoms with van der Waals surface area (Å²) in [5.41, 5.74) is 2.55. The Morgan fingerprint density at radius 2 is 1.48 bits per heavy atom. The number of aryl methyl sites for hydroxylation is 1. The molecule has 0 aliphatic heterocycles. The molecule has 29 heavy (non-hydrogen) atoms. The van der Waals surface area contributed by atoms with Crippen LogP contribution in [-0.4, -0.2) is 0 Å². The van der Waals surface area contributed by atoms with E-state index in [1.165, 1.54) is 82.6 Å². The molecule has 0 heteroatoms. The van der Waals surface area contributed by atoms with Gasteiger partial charge < -0.3 is 0 Å². The normalized spacial score (nSPS) is 27.5. The molecule has 0 saturated heterocycles. The van der Waals surface area contributed by atoms with Crippen LogP contribution < -0.4 is 0 Å². The van der Waals surface area contributed by atoms with Gasteiger partial charge in [0.1, 0.15) is 0 Å². The van der Waals surface area contributed by atoms with E-state index in [1.54, 1.807) is 0 Å². The SMILES string of the molecule is CCCCC1CCC(C2CCC(C=CC#Cc3ccc(CCC)cc3)CC2)CC1. The fourth-order valence-electron chi connectivity index (χ4n) is 5.60. The third-order valence-corrected chi connectivity index (χ3v) is 7.50. The maximum Gasteiger partial charge on any atom is 0.0249 e. The van der Waals surface area contributed by atoms with Crippen LogP contribution >= 0.6 is 0 Å². The van der Waals surface area contributed by atoms with E-state index >= 15 is 0 Å². The second kappa shape index (κ2) is 12.3. The molecule has 2 aliphatic carbocycles. The molecule has 0 aromatic heterocycles. The van der Waals surface area contributed by atoms with Crippen molar-refractivity contribution >= 4 is 0 Å². The third-order valence-electron chi connectivity index (χ3n) is 7.50. The van der Waals surface area contributed by atoms with Crippen LogP contribution in [0.1, 0.15) is 102 Å². The zero-order valence-electron chi connectivity index (χ0n) is 19.0. The van der Waals surface area contributed by atoms with Gasteiger partial charge in [0.05, 0.1) is 0 Å². The monoisotopic (exact) mass is 390 g/mol. The number of benzene rings is 1. The molecule has 0 spiro atoms. The number of rotatable bonds is 7. The van der Waals surface area contributed by atoms with E-state index in [-0.39, 0.29) is 0 Å². The summed E-state index contributed by atoms with van der Waals surface area (Å²) in [7, 11) is 0. The molecule has 0 unspecified atom stereocenters. The molecule has 0 nitrogen and oxygen atoms in total. The first kappa shape index (κ1) is 22.2. The van der Waals surface area contributed by atoms with Crippen molar-refractivity contribution in [3.63, 3.8) is 0 Å². The Labute approximate surface area is 180 Å². The average Bonchev–Trinajstić information content (AvgIpc) is 2.77. The fraction of sp³-hybridized carbons (Fsp3) is 0.655. The van der Waals surface area contributed by atoms with Crippen molar-refractivity contribution in [2.45, 2.75) is 97.3 Å². The van der Waals surface area contributed by atoms with E-state index in [2.05, 4.69) is 62.1 Å². The van der Waals surface area contributed by atoms with Crippen LogP contribution in [0, 0.1) is 35.5 Å². The van der Waals surface area contributed by atoms with Gasteiger partial charge >= 0.3 is 0 Å². The van der Waals surface area contributed by atoms with Gasteiger partial charge in [-0.3, -0.25) is 0 Å². The largest absolute Gasteiger partial charge is 0.0730 e. The van der Waals surface area contributed by atoms with E-state index in [9.17, 15) is 0 Å². The summed E-state index contributed by atoms with van der Waals surface area (Å²) in [6, 6.07) is 8.76. The minimum Gasteiger partial charge on any atom is -0.0730 e. The van der Waals surface area contributed by atoms with Crippen LogP contribution in [0.3, 0.4) is 0 Å². The molecule has 0 N–H and O–H groups in total. The van der Waals surface area contributed by atoms with Crippen molar-refractivity contribution in [3.8, 4) is 11.8 Å². The number of hydrogen-bond acceptors (Lipinski definition) is 0. The molecule has 158 valence electrons. The zero-order valence-corrected chi connectivity index (χ0v) is 19.0. The standard InChI is InChI=1S/C29H42/c1-3-5-9-25-16-20-28(21-17-25)29-22-18-27(19-23-29)11-7-6-10-26-14-12-24(8-4-2)13-15-26/h7,11-15,25,27-29H,3-5,8-9,16-23H2,1-2H3. The molecule has 1 aromatic carbocycles. The molecule has 2 saturated carbocycles. The van der Waals surface area contributed by atoms with Gasteiger partial charge in [-0.15, -0.1) is 0 Å². The van der Waals surface area contributed by atoms with Gasteiger partial charge in [-0.2, -0.15) is 0 Å². The number of hydrogen-bond donors (Lipinski definition) is 0. The first-order valence-corrected chi connectivity index (χ1v) is 12.6. The lowest BCUT2D eigenvalue weighted by Crippen LogP contribution is -2.25. The highest BCUT2D eigenvalue weighted by molar-refractivity contribution is 5.38. The van der Waals surface area contributed by atoms with E-state index in [1.807, 2.05) is 0 Å². The molecule has 0 heterocycles. The Balaban J connectivity index is 1.37. The van der Waals surface area contributed by atoms with Gasteiger partial charge in [0.25, 0.3) is 0 Å². The summed E-state index contributed by atoms with van der Waals surface area (Å²) >= 11 is 0. The van der Waals surface area contributed by atoms with Gasteiger partial charge in [0.2, 0.25) is 0 Å². The lowest BCUT2D eigenvalue weighted by atomic mass is 9.68. The highest BCUT2D eigenvalue weighted by Gasteiger charge is 2.30. The quantitative estimate of drug-likeness (QED) is 0.410. The number of unbranched alkanes of at least 4 members (excludes halogenated alkanes) is 1. The molecule has 2 aliphatic rings. The molecule has 0 bridgehead atoms. The van der Waals surface area contributed by atoms with Crippen molar-refractivity contribution in [3.05, 3.63) is 47.5 Å². The molecular weight excluding hydrogens is 348 g/mol. The van der Waals surface area contributed by atoms with Crippen LogP contribution in [0.4, 0.5) is 0 Å². The first-order valence-electron chi connectivity index (χ1n) is 12.6. The third kappa shape index (κ3) is 7.37. The van der Waals surface area contributed by atoms with Gasteiger partial charge in [-0.25, -0.2) is 0 Å². The van der Waals surface area contributed by atoms with Crippen LogP contribution in [-0.2, 0) is 6.42 Å². The van der Waals surface area contributed by atoms with E-state index < -0.39 is 0 Å². The molecule has 2 fully saturated rings. The van der Waals surface area contributed by atoms with Crippen molar-refractivity contribution < 1.29 is 0 Å². The predicted molar refractivity (Wildman–Crippen MR) is 127 cm³/mol. The molecule has 3 rings (SSSR count). The molecule has 0 amide bonds. The van der Waals surface area contributed by atoms with Crippen LogP contribution in [0.2, 0.25) is 0 Å². The van der Waals surface area contributed by atoms with Gasteiger partial charge in [0.15, 0.2) is 0 Å². The minimum atomic E-state index is 0.758. The Morgan fingerprint density at radius 1 is 0.828 bits per heavy atom. The molecule has 0 atom stereocenters.